The lowest BCUT2D eigenvalue weighted by Gasteiger charge is -2.08. The molecule has 0 radical (unpaired) electrons. The monoisotopic (exact) mass is 423 g/mol. The highest BCUT2D eigenvalue weighted by atomic mass is 32.2. The summed E-state index contributed by atoms with van der Waals surface area (Å²) in [6.45, 7) is 0. The zero-order valence-corrected chi connectivity index (χ0v) is 16.4. The van der Waals surface area contributed by atoms with Crippen molar-refractivity contribution in [1.29, 1.82) is 0 Å². The van der Waals surface area contributed by atoms with Gasteiger partial charge in [0.1, 0.15) is 9.90 Å². The molecule has 0 fully saturated rings. The molecule has 0 aliphatic carbocycles. The number of aromatic nitrogens is 6. The van der Waals surface area contributed by atoms with E-state index < -0.39 is 10.0 Å². The Labute approximate surface area is 169 Å². The van der Waals surface area contributed by atoms with Crippen LogP contribution in [0.5, 0.6) is 0 Å². The molecule has 0 amide bonds. The number of hydrogen-bond acceptors (Lipinski definition) is 7. The highest BCUT2D eigenvalue weighted by molar-refractivity contribution is 7.94. The van der Waals surface area contributed by atoms with Gasteiger partial charge in [0.15, 0.2) is 5.65 Å². The summed E-state index contributed by atoms with van der Waals surface area (Å²) in [6, 6.07) is 15.7. The Hall–Kier alpha value is -3.57. The minimum Gasteiger partial charge on any atom is -0.279 e. The third-order valence-corrected chi connectivity index (χ3v) is 6.95. The quantitative estimate of drug-likeness (QED) is 0.449. The molecule has 0 aliphatic heterocycles. The molecule has 0 aliphatic rings. The lowest BCUT2D eigenvalue weighted by molar-refractivity contribution is 0.603. The van der Waals surface area contributed by atoms with E-state index in [-0.39, 0.29) is 4.21 Å². The molecule has 29 heavy (non-hydrogen) atoms. The van der Waals surface area contributed by atoms with Gasteiger partial charge < -0.3 is 0 Å². The van der Waals surface area contributed by atoms with Crippen LogP contribution in [0, 0.1) is 0 Å². The molecular weight excluding hydrogens is 410 g/mol. The summed E-state index contributed by atoms with van der Waals surface area (Å²) in [4.78, 5) is 0. The molecule has 0 saturated heterocycles. The van der Waals surface area contributed by atoms with Gasteiger partial charge in [0.05, 0.1) is 5.69 Å². The van der Waals surface area contributed by atoms with Crippen molar-refractivity contribution in [3.05, 3.63) is 66.2 Å². The van der Waals surface area contributed by atoms with Gasteiger partial charge in [-0.05, 0) is 41.8 Å². The van der Waals surface area contributed by atoms with Gasteiger partial charge in [-0.25, -0.2) is 8.42 Å². The molecule has 4 aromatic heterocycles. The van der Waals surface area contributed by atoms with Crippen LogP contribution in [0.2, 0.25) is 0 Å². The number of rotatable bonds is 5. The van der Waals surface area contributed by atoms with Crippen molar-refractivity contribution in [3.63, 3.8) is 0 Å². The molecule has 5 rings (SSSR count). The number of hydrogen-bond donors (Lipinski definition) is 2. The van der Waals surface area contributed by atoms with E-state index in [0.29, 0.717) is 28.5 Å². The van der Waals surface area contributed by atoms with Crippen LogP contribution in [0.1, 0.15) is 0 Å². The highest BCUT2D eigenvalue weighted by Crippen LogP contribution is 2.25. The average Bonchev–Trinajstić information content (AvgIpc) is 3.48. The molecule has 0 bridgehead atoms. The number of sulfonamides is 1. The van der Waals surface area contributed by atoms with Crippen LogP contribution < -0.4 is 4.72 Å². The molecule has 5 aromatic rings. The maximum atomic E-state index is 12.5. The topological polar surface area (TPSA) is 118 Å². The second-order valence-corrected chi connectivity index (χ2v) is 8.96. The first kappa shape index (κ1) is 17.5. The molecule has 2 N–H and O–H groups in total. The van der Waals surface area contributed by atoms with Crippen molar-refractivity contribution in [2.75, 3.05) is 4.72 Å². The van der Waals surface area contributed by atoms with Crippen molar-refractivity contribution in [2.24, 2.45) is 0 Å². The Kier molecular flexibility index (Phi) is 4.11. The van der Waals surface area contributed by atoms with Crippen molar-refractivity contribution in [1.82, 2.24) is 30.0 Å². The number of fused-ring (bicyclic) bond motifs is 1. The summed E-state index contributed by atoms with van der Waals surface area (Å²) in [5.41, 5.74) is 3.14. The van der Waals surface area contributed by atoms with E-state index in [4.69, 9.17) is 0 Å². The van der Waals surface area contributed by atoms with Gasteiger partial charge >= 0.3 is 0 Å². The zero-order valence-electron chi connectivity index (χ0n) is 14.7. The Morgan fingerprint density at radius 3 is 2.76 bits per heavy atom. The van der Waals surface area contributed by atoms with Crippen LogP contribution in [0.3, 0.4) is 0 Å². The second-order valence-electron chi connectivity index (χ2n) is 6.10. The summed E-state index contributed by atoms with van der Waals surface area (Å²) in [7, 11) is -3.62. The highest BCUT2D eigenvalue weighted by Gasteiger charge is 2.16. The van der Waals surface area contributed by atoms with Crippen LogP contribution in [0.15, 0.2) is 70.4 Å². The number of nitrogens with zero attached hydrogens (tertiary/aromatic N) is 5. The fourth-order valence-electron chi connectivity index (χ4n) is 2.86. The number of benzene rings is 1. The smallest absolute Gasteiger partial charge is 0.271 e. The largest absolute Gasteiger partial charge is 0.279 e. The van der Waals surface area contributed by atoms with E-state index in [9.17, 15) is 8.42 Å². The number of nitrogens with one attached hydrogen (secondary N) is 2. The number of H-pyrrole nitrogens is 1. The molecule has 144 valence electrons. The Bertz CT molecular complexity index is 1390. The fraction of sp³-hybridized carbons (Fsp3) is 0. The first-order valence-electron chi connectivity index (χ1n) is 8.49. The fourth-order valence-corrected chi connectivity index (χ4v) is 4.90. The molecule has 0 saturated carbocycles. The van der Waals surface area contributed by atoms with Gasteiger partial charge in [-0.1, -0.05) is 18.2 Å². The van der Waals surface area contributed by atoms with E-state index >= 15 is 0 Å². The van der Waals surface area contributed by atoms with Crippen LogP contribution in [0.25, 0.3) is 28.4 Å². The molecule has 4 heterocycles. The van der Waals surface area contributed by atoms with E-state index in [1.54, 1.807) is 58.6 Å². The van der Waals surface area contributed by atoms with Crippen molar-refractivity contribution >= 4 is 32.7 Å². The minimum absolute atomic E-state index is 0.260. The molecule has 11 heteroatoms. The molecular formula is C18H13N7O2S2. The Balaban J connectivity index is 1.52. The minimum atomic E-state index is -3.62. The normalized spacial score (nSPS) is 11.7. The maximum Gasteiger partial charge on any atom is 0.271 e. The Morgan fingerprint density at radius 2 is 1.97 bits per heavy atom. The van der Waals surface area contributed by atoms with E-state index in [1.165, 1.54) is 0 Å². The van der Waals surface area contributed by atoms with Gasteiger partial charge in [-0.15, -0.1) is 21.5 Å². The van der Waals surface area contributed by atoms with Gasteiger partial charge in [0.25, 0.3) is 10.0 Å². The second kappa shape index (κ2) is 6.79. The number of thiophene rings is 1. The number of anilines is 1. The first-order valence-corrected chi connectivity index (χ1v) is 10.9. The Morgan fingerprint density at radius 1 is 1.03 bits per heavy atom. The van der Waals surface area contributed by atoms with Gasteiger partial charge in [0, 0.05) is 17.4 Å². The summed E-state index contributed by atoms with van der Waals surface area (Å²) in [5.74, 6) is 0.536. The SMILES string of the molecule is O=S(=O)(Nc1cccc(-c2ccc3nnc(-c4ccn[nH]4)n3n2)c1)c1cccs1. The van der Waals surface area contributed by atoms with Crippen LogP contribution in [-0.2, 0) is 10.0 Å². The molecule has 1 aromatic carbocycles. The number of aromatic amines is 1. The predicted molar refractivity (Wildman–Crippen MR) is 109 cm³/mol. The summed E-state index contributed by atoms with van der Waals surface area (Å²) in [5, 5.41) is 21.4. The standard InChI is InChI=1S/C18H13N7O2S2/c26-29(27,17-5-2-10-28-17)24-13-4-1-3-12(11-13)14-6-7-16-21-22-18(25(16)23-14)15-8-9-19-20-15/h1-11,24H,(H,19,20). The zero-order chi connectivity index (χ0) is 19.8. The van der Waals surface area contributed by atoms with Gasteiger partial charge in [-0.3, -0.25) is 9.82 Å². The molecule has 0 spiro atoms. The summed E-state index contributed by atoms with van der Waals surface area (Å²) in [6.07, 6.45) is 1.63. The van der Waals surface area contributed by atoms with Crippen LogP contribution in [0.4, 0.5) is 5.69 Å². The van der Waals surface area contributed by atoms with Crippen molar-refractivity contribution in [2.45, 2.75) is 4.21 Å². The lowest BCUT2D eigenvalue weighted by Crippen LogP contribution is -2.11. The molecule has 0 unspecified atom stereocenters. The third kappa shape index (κ3) is 3.26. The van der Waals surface area contributed by atoms with E-state index in [0.717, 1.165) is 16.9 Å². The van der Waals surface area contributed by atoms with E-state index in [2.05, 4.69) is 30.2 Å². The maximum absolute atomic E-state index is 12.5. The van der Waals surface area contributed by atoms with Gasteiger partial charge in [0.2, 0.25) is 5.82 Å². The summed E-state index contributed by atoms with van der Waals surface area (Å²) < 4.78 is 29.4. The predicted octanol–water partition coefficient (Wildman–Crippen LogP) is 3.04. The summed E-state index contributed by atoms with van der Waals surface area (Å²) >= 11 is 1.16. The molecule has 9 nitrogen and oxygen atoms in total. The first-order chi connectivity index (χ1) is 14.1. The van der Waals surface area contributed by atoms with Crippen LogP contribution in [-0.4, -0.2) is 38.4 Å². The molecule has 0 atom stereocenters. The van der Waals surface area contributed by atoms with Crippen LogP contribution >= 0.6 is 11.3 Å². The van der Waals surface area contributed by atoms with E-state index in [1.807, 2.05) is 12.1 Å². The third-order valence-electron chi connectivity index (χ3n) is 4.17. The van der Waals surface area contributed by atoms with Gasteiger partial charge in [-0.2, -0.15) is 14.7 Å². The van der Waals surface area contributed by atoms with Crippen molar-refractivity contribution in [3.8, 4) is 22.8 Å². The average molecular weight is 423 g/mol. The lowest BCUT2D eigenvalue weighted by atomic mass is 10.1. The van der Waals surface area contributed by atoms with Crippen molar-refractivity contribution < 1.29 is 8.42 Å².